The summed E-state index contributed by atoms with van der Waals surface area (Å²) in [5, 5.41) is 18.4. The number of aliphatic hydroxyl groups excluding tert-OH is 2. The molecule has 0 aromatic carbocycles. The summed E-state index contributed by atoms with van der Waals surface area (Å²) >= 11 is 2.91. The van der Waals surface area contributed by atoms with E-state index in [1.165, 1.54) is 34.5 Å². The molecule has 2 rings (SSSR count). The Hall–Kier alpha value is -0.700. The summed E-state index contributed by atoms with van der Waals surface area (Å²) in [6.45, 7) is 5.18. The number of hydrogen-bond acceptors (Lipinski definition) is 7. The van der Waals surface area contributed by atoms with Crippen LogP contribution < -0.4 is 0 Å². The predicted molar refractivity (Wildman–Crippen MR) is 81.7 cm³/mol. The van der Waals surface area contributed by atoms with E-state index >= 15 is 0 Å². The topological polar surface area (TPSA) is 87.1 Å². The zero-order valence-electron chi connectivity index (χ0n) is 11.7. The maximum Gasteiger partial charge on any atom is 0.331 e. The largest absolute Gasteiger partial charge is 0.460 e. The van der Waals surface area contributed by atoms with Crippen molar-refractivity contribution in [1.29, 1.82) is 0 Å². The fourth-order valence-corrected chi connectivity index (χ4v) is 5.75. The molecular weight excluding hydrogens is 314 g/mol. The van der Waals surface area contributed by atoms with Gasteiger partial charge in [-0.15, -0.1) is 23.5 Å². The molecule has 2 heterocycles. The highest BCUT2D eigenvalue weighted by Gasteiger charge is 2.62. The zero-order valence-corrected chi connectivity index (χ0v) is 13.3. The Morgan fingerprint density at radius 2 is 2.38 bits per heavy atom. The van der Waals surface area contributed by atoms with Gasteiger partial charge in [0.25, 0.3) is 0 Å². The first kappa shape index (κ1) is 16.7. The van der Waals surface area contributed by atoms with Gasteiger partial charge < -0.3 is 19.8 Å². The molecule has 2 N–H and O–H groups in total. The van der Waals surface area contributed by atoms with Crippen LogP contribution in [-0.2, 0) is 14.3 Å². The Balaban J connectivity index is 2.12. The molecule has 2 aliphatic heterocycles. The third-order valence-corrected chi connectivity index (χ3v) is 6.50. The van der Waals surface area contributed by atoms with Crippen LogP contribution in [0.4, 0.5) is 0 Å². The van der Waals surface area contributed by atoms with Gasteiger partial charge in [-0.2, -0.15) is 0 Å². The van der Waals surface area contributed by atoms with E-state index in [-0.39, 0.29) is 29.1 Å². The number of β-lactam (4-membered cyclic amide) rings is 1. The molecule has 21 heavy (non-hydrogen) atoms. The fraction of sp³-hybridized carbons (Fsp3) is 0.692. The molecule has 0 bridgehead atoms. The lowest BCUT2D eigenvalue weighted by atomic mass is 9.91. The number of ether oxygens (including phenoxy) is 1. The van der Waals surface area contributed by atoms with Crippen LogP contribution in [0, 0.1) is 5.92 Å². The van der Waals surface area contributed by atoms with Crippen LogP contribution in [0.2, 0.25) is 0 Å². The van der Waals surface area contributed by atoms with Crippen molar-refractivity contribution >= 4 is 35.4 Å². The van der Waals surface area contributed by atoms with Gasteiger partial charge in [0.2, 0.25) is 5.91 Å². The van der Waals surface area contributed by atoms with E-state index in [1.54, 1.807) is 6.92 Å². The molecule has 0 saturated carbocycles. The molecule has 0 aliphatic carbocycles. The molecule has 0 spiro atoms. The lowest BCUT2D eigenvalue weighted by Gasteiger charge is -2.44. The standard InChI is InChI=1S/C13H19NO5S2/c1-3-5-19-12(18)9-13(20-6-4-15)21-11-8(7(2)16)10(17)14(9)11/h3,7-9,11,13,15-16H,1,4-6H2,2H3/t7?,8-,9?,11+,13?/m0/s1. The number of carbonyl (C=O) groups excluding carboxylic acids is 2. The highest BCUT2D eigenvalue weighted by atomic mass is 32.2. The first-order valence-electron chi connectivity index (χ1n) is 6.68. The van der Waals surface area contributed by atoms with Crippen LogP contribution in [0.3, 0.4) is 0 Å². The average molecular weight is 333 g/mol. The lowest BCUT2D eigenvalue weighted by Crippen LogP contribution is -2.64. The van der Waals surface area contributed by atoms with Gasteiger partial charge in [0.05, 0.1) is 28.6 Å². The van der Waals surface area contributed by atoms with Gasteiger partial charge in [0.15, 0.2) is 6.04 Å². The van der Waals surface area contributed by atoms with Crippen molar-refractivity contribution in [1.82, 2.24) is 4.90 Å². The van der Waals surface area contributed by atoms with Gasteiger partial charge >= 0.3 is 5.97 Å². The number of amides is 1. The predicted octanol–water partition coefficient (Wildman–Crippen LogP) is 0.0479. The Bertz CT molecular complexity index is 431. The SMILES string of the molecule is C=CCOC(=O)C1C(SCCO)S[C@@H]2[C@@H](C(C)O)C(=O)N12. The smallest absolute Gasteiger partial charge is 0.331 e. The number of thioether (sulfide) groups is 2. The van der Waals surface area contributed by atoms with Gasteiger partial charge in [0, 0.05) is 5.75 Å². The van der Waals surface area contributed by atoms with Crippen molar-refractivity contribution in [3.63, 3.8) is 0 Å². The zero-order chi connectivity index (χ0) is 15.6. The van der Waals surface area contributed by atoms with Crippen molar-refractivity contribution in [2.45, 2.75) is 29.0 Å². The van der Waals surface area contributed by atoms with E-state index in [4.69, 9.17) is 9.84 Å². The molecule has 2 saturated heterocycles. The van der Waals surface area contributed by atoms with Crippen molar-refractivity contribution in [3.05, 3.63) is 12.7 Å². The van der Waals surface area contributed by atoms with Gasteiger partial charge in [-0.25, -0.2) is 4.79 Å². The first-order chi connectivity index (χ1) is 10.0. The summed E-state index contributed by atoms with van der Waals surface area (Å²) in [6.07, 6.45) is 0.738. The van der Waals surface area contributed by atoms with Crippen LogP contribution in [0.25, 0.3) is 0 Å². The van der Waals surface area contributed by atoms with E-state index in [0.717, 1.165) is 0 Å². The minimum Gasteiger partial charge on any atom is -0.460 e. The van der Waals surface area contributed by atoms with E-state index in [1.807, 2.05) is 0 Å². The molecule has 0 aromatic heterocycles. The van der Waals surface area contributed by atoms with E-state index in [2.05, 4.69) is 6.58 Å². The van der Waals surface area contributed by atoms with Crippen molar-refractivity contribution < 1.29 is 24.5 Å². The van der Waals surface area contributed by atoms with Crippen LogP contribution >= 0.6 is 23.5 Å². The number of fused-ring (bicyclic) bond motifs is 1. The van der Waals surface area contributed by atoms with E-state index in [9.17, 15) is 14.7 Å². The second kappa shape index (κ2) is 7.04. The monoisotopic (exact) mass is 333 g/mol. The van der Waals surface area contributed by atoms with Crippen molar-refractivity contribution in [3.8, 4) is 0 Å². The minimum absolute atomic E-state index is 0.00853. The number of hydrogen-bond donors (Lipinski definition) is 2. The summed E-state index contributed by atoms with van der Waals surface area (Å²) in [5.41, 5.74) is 0. The summed E-state index contributed by atoms with van der Waals surface area (Å²) in [4.78, 5) is 25.8. The third-order valence-electron chi connectivity index (χ3n) is 3.43. The normalized spacial score (nSPS) is 32.3. The Morgan fingerprint density at radius 1 is 1.67 bits per heavy atom. The van der Waals surface area contributed by atoms with Gasteiger partial charge in [-0.05, 0) is 6.92 Å². The highest BCUT2D eigenvalue weighted by Crippen LogP contribution is 2.52. The molecule has 2 aliphatic rings. The Labute approximate surface area is 131 Å². The number of nitrogens with zero attached hydrogens (tertiary/aromatic N) is 1. The molecule has 0 radical (unpaired) electrons. The first-order valence-corrected chi connectivity index (χ1v) is 8.67. The fourth-order valence-electron chi connectivity index (χ4n) is 2.49. The number of rotatable bonds is 7. The summed E-state index contributed by atoms with van der Waals surface area (Å²) in [6, 6.07) is -0.668. The van der Waals surface area contributed by atoms with Crippen LogP contribution in [-0.4, -0.2) is 68.1 Å². The molecule has 0 aromatic rings. The van der Waals surface area contributed by atoms with E-state index in [0.29, 0.717) is 5.75 Å². The minimum atomic E-state index is -0.738. The second-order valence-electron chi connectivity index (χ2n) is 4.86. The quantitative estimate of drug-likeness (QED) is 0.387. The molecule has 6 nitrogen and oxygen atoms in total. The van der Waals surface area contributed by atoms with Crippen molar-refractivity contribution in [2.24, 2.45) is 5.92 Å². The lowest BCUT2D eigenvalue weighted by molar-refractivity contribution is -0.168. The molecule has 2 fully saturated rings. The molecule has 118 valence electrons. The van der Waals surface area contributed by atoms with Crippen LogP contribution in [0.5, 0.6) is 0 Å². The van der Waals surface area contributed by atoms with Crippen LogP contribution in [0.15, 0.2) is 12.7 Å². The van der Waals surface area contributed by atoms with Crippen LogP contribution in [0.1, 0.15) is 6.92 Å². The highest BCUT2D eigenvalue weighted by molar-refractivity contribution is 8.17. The Morgan fingerprint density at radius 3 is 2.95 bits per heavy atom. The van der Waals surface area contributed by atoms with E-state index < -0.39 is 24.0 Å². The maximum atomic E-state index is 12.2. The van der Waals surface area contributed by atoms with Gasteiger partial charge in [-0.3, -0.25) is 4.79 Å². The molecule has 3 unspecified atom stereocenters. The van der Waals surface area contributed by atoms with Crippen molar-refractivity contribution in [2.75, 3.05) is 19.0 Å². The molecular formula is C13H19NO5S2. The maximum absolute atomic E-state index is 12.2. The summed E-state index contributed by atoms with van der Waals surface area (Å²) in [7, 11) is 0. The number of carbonyl (C=O) groups is 2. The van der Waals surface area contributed by atoms with Gasteiger partial charge in [0.1, 0.15) is 6.61 Å². The number of aliphatic hydroxyl groups is 2. The second-order valence-corrected chi connectivity index (χ2v) is 7.68. The Kier molecular flexibility index (Phi) is 5.59. The molecule has 8 heteroatoms. The summed E-state index contributed by atoms with van der Waals surface area (Å²) in [5.74, 6) is -0.658. The number of esters is 1. The summed E-state index contributed by atoms with van der Waals surface area (Å²) < 4.78 is 4.89. The molecule has 1 amide bonds. The molecule has 5 atom stereocenters. The average Bonchev–Trinajstić information content (AvgIpc) is 2.76. The van der Waals surface area contributed by atoms with Gasteiger partial charge in [-0.1, -0.05) is 12.7 Å². The third kappa shape index (κ3) is 3.08.